The second-order valence-corrected chi connectivity index (χ2v) is 6.73. The van der Waals surface area contributed by atoms with Crippen molar-refractivity contribution in [1.29, 1.82) is 0 Å². The smallest absolute Gasteiger partial charge is 0.339 e. The van der Waals surface area contributed by atoms with Crippen LogP contribution in [0, 0.1) is 0 Å². The molecule has 3 rings (SSSR count). The van der Waals surface area contributed by atoms with Gasteiger partial charge in [0, 0.05) is 43.0 Å². The van der Waals surface area contributed by atoms with E-state index in [-0.39, 0.29) is 5.97 Å². The monoisotopic (exact) mass is 404 g/mol. The van der Waals surface area contributed by atoms with E-state index < -0.39 is 0 Å². The number of nitrogens with zero attached hydrogens (tertiary/aromatic N) is 4. The van der Waals surface area contributed by atoms with Crippen LogP contribution in [0.1, 0.15) is 23.7 Å². The van der Waals surface area contributed by atoms with Crippen LogP contribution in [0.15, 0.2) is 41.3 Å². The molecule has 3 heterocycles. The minimum atomic E-state index is -0.328. The van der Waals surface area contributed by atoms with Crippen molar-refractivity contribution in [3.8, 4) is 0 Å². The summed E-state index contributed by atoms with van der Waals surface area (Å²) >= 11 is 3.48. The summed E-state index contributed by atoms with van der Waals surface area (Å²) in [6, 6.07) is 5.76. The predicted octanol–water partition coefficient (Wildman–Crippen LogP) is 3.13. The van der Waals surface area contributed by atoms with Gasteiger partial charge >= 0.3 is 5.97 Å². The van der Waals surface area contributed by atoms with Gasteiger partial charge in [-0.2, -0.15) is 0 Å². The van der Waals surface area contributed by atoms with Gasteiger partial charge in [-0.15, -0.1) is 0 Å². The number of hydrogen-bond donors (Lipinski definition) is 0. The number of carbonyl (C=O) groups is 1. The minimum Gasteiger partial charge on any atom is -0.462 e. The fourth-order valence-corrected chi connectivity index (χ4v) is 3.24. The van der Waals surface area contributed by atoms with Gasteiger partial charge in [0.2, 0.25) is 0 Å². The second kappa shape index (κ2) is 8.29. The molecule has 7 heteroatoms. The topological polar surface area (TPSA) is 58.6 Å². The fraction of sp³-hybridized carbons (Fsp3) is 0.389. The molecule has 0 saturated carbocycles. The summed E-state index contributed by atoms with van der Waals surface area (Å²) in [7, 11) is 0. The predicted molar refractivity (Wildman–Crippen MR) is 101 cm³/mol. The SMILES string of the molecule is CCOC(=O)c1ccc(N2CCCN(c3cncc(Br)c3)CC2)nc1. The molecular weight excluding hydrogens is 384 g/mol. The molecule has 0 unspecified atom stereocenters. The number of ether oxygens (including phenoxy) is 1. The van der Waals surface area contributed by atoms with E-state index in [1.807, 2.05) is 12.3 Å². The highest BCUT2D eigenvalue weighted by atomic mass is 79.9. The number of carbonyl (C=O) groups excluding carboxylic acids is 1. The minimum absolute atomic E-state index is 0.328. The molecule has 132 valence electrons. The van der Waals surface area contributed by atoms with Gasteiger partial charge in [-0.1, -0.05) is 0 Å². The summed E-state index contributed by atoms with van der Waals surface area (Å²) < 4.78 is 5.99. The van der Waals surface area contributed by atoms with Gasteiger partial charge < -0.3 is 14.5 Å². The fourth-order valence-electron chi connectivity index (χ4n) is 2.89. The molecule has 0 atom stereocenters. The molecule has 1 fully saturated rings. The van der Waals surface area contributed by atoms with Gasteiger partial charge in [-0.25, -0.2) is 9.78 Å². The third-order valence-electron chi connectivity index (χ3n) is 4.13. The lowest BCUT2D eigenvalue weighted by atomic mass is 10.2. The average Bonchev–Trinajstić information content (AvgIpc) is 2.88. The highest BCUT2D eigenvalue weighted by Gasteiger charge is 2.17. The second-order valence-electron chi connectivity index (χ2n) is 5.81. The van der Waals surface area contributed by atoms with Crippen molar-refractivity contribution in [2.45, 2.75) is 13.3 Å². The molecule has 0 radical (unpaired) electrons. The average molecular weight is 405 g/mol. The molecule has 1 aliphatic rings. The zero-order chi connectivity index (χ0) is 17.6. The maximum absolute atomic E-state index is 11.7. The van der Waals surface area contributed by atoms with Crippen LogP contribution in [-0.4, -0.2) is 48.7 Å². The lowest BCUT2D eigenvalue weighted by molar-refractivity contribution is 0.0526. The van der Waals surface area contributed by atoms with E-state index in [9.17, 15) is 4.79 Å². The Labute approximate surface area is 156 Å². The Kier molecular flexibility index (Phi) is 5.86. The summed E-state index contributed by atoms with van der Waals surface area (Å²) in [5.74, 6) is 0.563. The molecule has 2 aromatic heterocycles. The summed E-state index contributed by atoms with van der Waals surface area (Å²) in [6.45, 7) is 5.85. The van der Waals surface area contributed by atoms with Crippen LogP contribution in [-0.2, 0) is 4.74 Å². The Morgan fingerprint density at radius 2 is 1.96 bits per heavy atom. The number of anilines is 2. The van der Waals surface area contributed by atoms with Crippen LogP contribution in [0.4, 0.5) is 11.5 Å². The molecule has 1 saturated heterocycles. The Morgan fingerprint density at radius 1 is 1.16 bits per heavy atom. The van der Waals surface area contributed by atoms with Crippen LogP contribution >= 0.6 is 15.9 Å². The maximum Gasteiger partial charge on any atom is 0.339 e. The third-order valence-corrected chi connectivity index (χ3v) is 4.57. The third kappa shape index (κ3) is 4.48. The van der Waals surface area contributed by atoms with E-state index >= 15 is 0 Å². The van der Waals surface area contributed by atoms with Gasteiger partial charge in [0.05, 0.1) is 24.1 Å². The first-order valence-corrected chi connectivity index (χ1v) is 9.20. The van der Waals surface area contributed by atoms with Crippen molar-refractivity contribution < 1.29 is 9.53 Å². The highest BCUT2D eigenvalue weighted by Crippen LogP contribution is 2.21. The Hall–Kier alpha value is -2.15. The van der Waals surface area contributed by atoms with Crippen molar-refractivity contribution in [3.05, 3.63) is 46.8 Å². The zero-order valence-corrected chi connectivity index (χ0v) is 15.8. The van der Waals surface area contributed by atoms with E-state index in [4.69, 9.17) is 4.74 Å². The molecule has 0 amide bonds. The van der Waals surface area contributed by atoms with Crippen molar-refractivity contribution in [2.75, 3.05) is 42.6 Å². The Morgan fingerprint density at radius 3 is 2.68 bits per heavy atom. The number of esters is 1. The molecule has 0 bridgehead atoms. The lowest BCUT2D eigenvalue weighted by Crippen LogP contribution is -2.31. The number of rotatable bonds is 4. The lowest BCUT2D eigenvalue weighted by Gasteiger charge is -2.24. The van der Waals surface area contributed by atoms with Gasteiger partial charge in [0.1, 0.15) is 5.82 Å². The molecule has 0 aliphatic carbocycles. The summed E-state index contributed by atoms with van der Waals surface area (Å²) in [5.41, 5.74) is 1.61. The van der Waals surface area contributed by atoms with E-state index in [1.165, 1.54) is 0 Å². The first-order chi connectivity index (χ1) is 12.2. The molecular formula is C18H21BrN4O2. The zero-order valence-electron chi connectivity index (χ0n) is 14.2. The van der Waals surface area contributed by atoms with Crippen LogP contribution in [0.25, 0.3) is 0 Å². The number of aromatic nitrogens is 2. The summed E-state index contributed by atoms with van der Waals surface area (Å²) in [4.78, 5) is 25.0. The van der Waals surface area contributed by atoms with E-state index in [1.54, 1.807) is 25.4 Å². The van der Waals surface area contributed by atoms with Crippen LogP contribution in [0.3, 0.4) is 0 Å². The number of halogens is 1. The molecule has 1 aliphatic heterocycles. The summed E-state index contributed by atoms with van der Waals surface area (Å²) in [6.07, 6.45) is 6.32. The largest absolute Gasteiger partial charge is 0.462 e. The quantitative estimate of drug-likeness (QED) is 0.729. The number of hydrogen-bond acceptors (Lipinski definition) is 6. The van der Waals surface area contributed by atoms with Crippen molar-refractivity contribution in [1.82, 2.24) is 9.97 Å². The molecule has 6 nitrogen and oxygen atoms in total. The highest BCUT2D eigenvalue weighted by molar-refractivity contribution is 9.10. The van der Waals surface area contributed by atoms with E-state index in [0.29, 0.717) is 12.2 Å². The molecule has 25 heavy (non-hydrogen) atoms. The van der Waals surface area contributed by atoms with Crippen LogP contribution < -0.4 is 9.80 Å². The van der Waals surface area contributed by atoms with Gasteiger partial charge in [-0.05, 0) is 47.5 Å². The Bertz CT molecular complexity index is 723. The van der Waals surface area contributed by atoms with Crippen molar-refractivity contribution >= 4 is 33.4 Å². The van der Waals surface area contributed by atoms with Gasteiger partial charge in [-0.3, -0.25) is 4.98 Å². The van der Waals surface area contributed by atoms with E-state index in [2.05, 4.69) is 41.8 Å². The first-order valence-electron chi connectivity index (χ1n) is 8.41. The number of pyridine rings is 2. The van der Waals surface area contributed by atoms with Crippen molar-refractivity contribution in [2.24, 2.45) is 0 Å². The molecule has 0 N–H and O–H groups in total. The van der Waals surface area contributed by atoms with E-state index in [0.717, 1.165) is 48.6 Å². The molecule has 0 aromatic carbocycles. The Balaban J connectivity index is 1.65. The van der Waals surface area contributed by atoms with Crippen molar-refractivity contribution in [3.63, 3.8) is 0 Å². The normalized spacial score (nSPS) is 15.0. The van der Waals surface area contributed by atoms with Gasteiger partial charge in [0.25, 0.3) is 0 Å². The van der Waals surface area contributed by atoms with Crippen LogP contribution in [0.2, 0.25) is 0 Å². The first kappa shape index (κ1) is 17.7. The molecule has 0 spiro atoms. The van der Waals surface area contributed by atoms with Gasteiger partial charge in [0.15, 0.2) is 0 Å². The van der Waals surface area contributed by atoms with Crippen LogP contribution in [0.5, 0.6) is 0 Å². The summed E-state index contributed by atoms with van der Waals surface area (Å²) in [5, 5.41) is 0. The molecule has 2 aromatic rings. The maximum atomic E-state index is 11.7. The standard InChI is InChI=1S/C18H21BrN4O2/c1-2-25-18(24)14-4-5-17(21-11-14)23-7-3-6-22(8-9-23)16-10-15(19)12-20-13-16/h4-5,10-13H,2-3,6-9H2,1H3.